The van der Waals surface area contributed by atoms with Gasteiger partial charge in [0.05, 0.1) is 0 Å². The number of aryl methyl sites for hydroxylation is 1. The number of hydrogen-bond donors (Lipinski definition) is 2. The summed E-state index contributed by atoms with van der Waals surface area (Å²) < 4.78 is 24.0. The summed E-state index contributed by atoms with van der Waals surface area (Å²) in [5.74, 6) is -1.04. The Morgan fingerprint density at radius 1 is 0.857 bits per heavy atom. The van der Waals surface area contributed by atoms with Gasteiger partial charge in [-0.25, -0.2) is 4.39 Å². The van der Waals surface area contributed by atoms with Gasteiger partial charge in [-0.2, -0.15) is 0 Å². The van der Waals surface area contributed by atoms with Gasteiger partial charge in [0.2, 0.25) is 0 Å². The number of carbonyl (C=O) groups is 2. The Bertz CT molecular complexity index is 1170. The third-order valence-electron chi connectivity index (χ3n) is 4.30. The third-order valence-corrected chi connectivity index (χ3v) is 4.30. The molecule has 0 saturated heterocycles. The second-order valence-corrected chi connectivity index (χ2v) is 6.13. The molecule has 0 saturated carbocycles. The number of rotatable bonds is 3. The summed E-state index contributed by atoms with van der Waals surface area (Å²) in [6.45, 7) is 1.77. The number of halogens is 1. The van der Waals surface area contributed by atoms with Crippen molar-refractivity contribution in [2.24, 2.45) is 0 Å². The predicted molar refractivity (Wildman–Crippen MR) is 100.0 cm³/mol. The molecule has 0 aliphatic rings. The number of hydrazine groups is 1. The van der Waals surface area contributed by atoms with Crippen molar-refractivity contribution in [2.45, 2.75) is 6.92 Å². The van der Waals surface area contributed by atoms with Crippen LogP contribution in [0, 0.1) is 12.7 Å². The van der Waals surface area contributed by atoms with Crippen molar-refractivity contribution >= 4 is 22.8 Å². The van der Waals surface area contributed by atoms with Gasteiger partial charge in [0.1, 0.15) is 17.2 Å². The second-order valence-electron chi connectivity index (χ2n) is 6.13. The minimum Gasteiger partial charge on any atom is -0.451 e. The number of fused-ring (bicyclic) bond motifs is 1. The molecule has 2 aromatic carbocycles. The van der Waals surface area contributed by atoms with E-state index in [1.807, 2.05) is 18.2 Å². The average Bonchev–Trinajstić information content (AvgIpc) is 3.32. The van der Waals surface area contributed by atoms with Crippen molar-refractivity contribution < 1.29 is 22.8 Å². The van der Waals surface area contributed by atoms with E-state index in [1.54, 1.807) is 31.2 Å². The summed E-state index contributed by atoms with van der Waals surface area (Å²) in [5, 5.41) is 0.828. The van der Waals surface area contributed by atoms with Gasteiger partial charge >= 0.3 is 11.8 Å². The highest BCUT2D eigenvalue weighted by Crippen LogP contribution is 2.25. The fourth-order valence-corrected chi connectivity index (χ4v) is 2.85. The molecular weight excluding hydrogens is 363 g/mol. The molecule has 7 heteroatoms. The Balaban J connectivity index is 1.44. The number of nitrogens with one attached hydrogen (secondary N) is 2. The number of furan rings is 2. The summed E-state index contributed by atoms with van der Waals surface area (Å²) in [6, 6.07) is 16.0. The van der Waals surface area contributed by atoms with E-state index in [1.165, 1.54) is 18.2 Å². The zero-order chi connectivity index (χ0) is 19.7. The standard InChI is InChI=1S/C21H15FN2O4/c1-12-15-4-2-3-5-17(15)28-19(12)21(26)24-23-20(25)18-11-10-16(27-18)13-6-8-14(22)9-7-13/h2-11H,1H3,(H,23,25)(H,24,26). The van der Waals surface area contributed by atoms with Crippen molar-refractivity contribution in [3.63, 3.8) is 0 Å². The van der Waals surface area contributed by atoms with Crippen molar-refractivity contribution in [3.8, 4) is 11.3 Å². The first kappa shape index (κ1) is 17.5. The molecule has 0 unspecified atom stereocenters. The summed E-state index contributed by atoms with van der Waals surface area (Å²) >= 11 is 0. The van der Waals surface area contributed by atoms with E-state index < -0.39 is 11.8 Å². The maximum atomic E-state index is 13.0. The third kappa shape index (κ3) is 3.25. The lowest BCUT2D eigenvalue weighted by Gasteiger charge is -2.04. The Labute approximate surface area is 158 Å². The number of benzene rings is 2. The Kier molecular flexibility index (Phi) is 4.41. The fraction of sp³-hybridized carbons (Fsp3) is 0.0476. The van der Waals surface area contributed by atoms with Gasteiger partial charge in [-0.1, -0.05) is 18.2 Å². The van der Waals surface area contributed by atoms with Crippen LogP contribution >= 0.6 is 0 Å². The fourth-order valence-electron chi connectivity index (χ4n) is 2.85. The Morgan fingerprint density at radius 3 is 2.32 bits per heavy atom. The molecule has 4 aromatic rings. The molecule has 0 atom stereocenters. The monoisotopic (exact) mass is 378 g/mol. The first-order valence-electron chi connectivity index (χ1n) is 8.47. The van der Waals surface area contributed by atoms with Crippen LogP contribution in [0.15, 0.2) is 69.5 Å². The SMILES string of the molecule is Cc1c(C(=O)NNC(=O)c2ccc(-c3ccc(F)cc3)o2)oc2ccccc12. The molecule has 4 rings (SSSR count). The van der Waals surface area contributed by atoms with Gasteiger partial charge in [0.25, 0.3) is 0 Å². The van der Waals surface area contributed by atoms with Crippen molar-refractivity contribution in [3.05, 3.63) is 83.6 Å². The van der Waals surface area contributed by atoms with Gasteiger partial charge in [0, 0.05) is 16.5 Å². The van der Waals surface area contributed by atoms with Crippen LogP contribution in [0.3, 0.4) is 0 Å². The molecule has 0 bridgehead atoms. The van der Waals surface area contributed by atoms with Crippen LogP contribution in [0.2, 0.25) is 0 Å². The second kappa shape index (κ2) is 7.03. The summed E-state index contributed by atoms with van der Waals surface area (Å²) in [4.78, 5) is 24.6. The van der Waals surface area contributed by atoms with Gasteiger partial charge in [-0.15, -0.1) is 0 Å². The number of hydrogen-bond acceptors (Lipinski definition) is 4. The highest BCUT2D eigenvalue weighted by molar-refractivity contribution is 6.00. The number of carbonyl (C=O) groups excluding carboxylic acids is 2. The molecule has 0 spiro atoms. The molecule has 2 N–H and O–H groups in total. The van der Waals surface area contributed by atoms with E-state index >= 15 is 0 Å². The van der Waals surface area contributed by atoms with E-state index in [-0.39, 0.29) is 17.3 Å². The maximum absolute atomic E-state index is 13.0. The first-order valence-corrected chi connectivity index (χ1v) is 8.47. The highest BCUT2D eigenvalue weighted by atomic mass is 19.1. The molecule has 2 heterocycles. The molecular formula is C21H15FN2O4. The van der Waals surface area contributed by atoms with E-state index in [0.29, 0.717) is 22.5 Å². The number of amides is 2. The van der Waals surface area contributed by atoms with Crippen LogP contribution in [0.25, 0.3) is 22.3 Å². The highest BCUT2D eigenvalue weighted by Gasteiger charge is 2.19. The van der Waals surface area contributed by atoms with E-state index in [9.17, 15) is 14.0 Å². The molecule has 28 heavy (non-hydrogen) atoms. The van der Waals surface area contributed by atoms with Crippen molar-refractivity contribution in [1.82, 2.24) is 10.9 Å². The predicted octanol–water partition coefficient (Wildman–Crippen LogP) is 4.22. The first-order chi connectivity index (χ1) is 13.5. The van der Waals surface area contributed by atoms with Gasteiger partial charge < -0.3 is 8.83 Å². The number of para-hydroxylation sites is 1. The normalized spacial score (nSPS) is 10.8. The Morgan fingerprint density at radius 2 is 1.57 bits per heavy atom. The van der Waals surface area contributed by atoms with Crippen LogP contribution in [0.5, 0.6) is 0 Å². The van der Waals surface area contributed by atoms with Crippen LogP contribution < -0.4 is 10.9 Å². The van der Waals surface area contributed by atoms with Gasteiger partial charge in [-0.05, 0) is 49.4 Å². The van der Waals surface area contributed by atoms with E-state index in [4.69, 9.17) is 8.83 Å². The van der Waals surface area contributed by atoms with Crippen LogP contribution in [0.1, 0.15) is 26.7 Å². The molecule has 0 radical (unpaired) electrons. The van der Waals surface area contributed by atoms with Crippen molar-refractivity contribution in [2.75, 3.05) is 0 Å². The molecule has 6 nitrogen and oxygen atoms in total. The van der Waals surface area contributed by atoms with E-state index in [2.05, 4.69) is 10.9 Å². The molecule has 140 valence electrons. The van der Waals surface area contributed by atoms with Gasteiger partial charge in [0.15, 0.2) is 11.5 Å². The van der Waals surface area contributed by atoms with Crippen LogP contribution in [-0.4, -0.2) is 11.8 Å². The smallest absolute Gasteiger partial charge is 0.305 e. The lowest BCUT2D eigenvalue weighted by atomic mass is 10.1. The summed E-state index contributed by atoms with van der Waals surface area (Å²) in [7, 11) is 0. The Hall–Kier alpha value is -3.87. The quantitative estimate of drug-likeness (QED) is 0.523. The van der Waals surface area contributed by atoms with E-state index in [0.717, 1.165) is 5.39 Å². The molecule has 0 fully saturated rings. The minimum absolute atomic E-state index is 0.000882. The lowest BCUT2D eigenvalue weighted by Crippen LogP contribution is -2.41. The zero-order valence-electron chi connectivity index (χ0n) is 14.8. The molecule has 2 amide bonds. The molecule has 0 aliphatic carbocycles. The topological polar surface area (TPSA) is 84.5 Å². The maximum Gasteiger partial charge on any atom is 0.305 e. The summed E-state index contributed by atoms with van der Waals surface area (Å²) in [5.41, 5.74) is 6.50. The lowest BCUT2D eigenvalue weighted by molar-refractivity contribution is 0.0818. The molecule has 0 aliphatic heterocycles. The van der Waals surface area contributed by atoms with Crippen molar-refractivity contribution in [1.29, 1.82) is 0 Å². The average molecular weight is 378 g/mol. The molecule has 2 aromatic heterocycles. The van der Waals surface area contributed by atoms with Crippen LogP contribution in [-0.2, 0) is 0 Å². The zero-order valence-corrected chi connectivity index (χ0v) is 14.8. The van der Waals surface area contributed by atoms with Gasteiger partial charge in [-0.3, -0.25) is 20.4 Å². The van der Waals surface area contributed by atoms with Crippen LogP contribution in [0.4, 0.5) is 4.39 Å². The largest absolute Gasteiger partial charge is 0.451 e. The summed E-state index contributed by atoms with van der Waals surface area (Å²) in [6.07, 6.45) is 0. The minimum atomic E-state index is -0.629.